The van der Waals surface area contributed by atoms with Gasteiger partial charge in [-0.15, -0.1) is 24.0 Å². The Morgan fingerprint density at radius 1 is 1.17 bits per heavy atom. The van der Waals surface area contributed by atoms with Gasteiger partial charge in [0.15, 0.2) is 5.96 Å². The van der Waals surface area contributed by atoms with Crippen LogP contribution >= 0.6 is 24.0 Å². The molecule has 164 valence electrons. The van der Waals surface area contributed by atoms with Crippen LogP contribution < -0.4 is 10.6 Å². The summed E-state index contributed by atoms with van der Waals surface area (Å²) in [5, 5.41) is 7.03. The molecule has 6 heteroatoms. The summed E-state index contributed by atoms with van der Waals surface area (Å²) >= 11 is 0. The highest BCUT2D eigenvalue weighted by Crippen LogP contribution is 2.33. The molecule has 2 saturated heterocycles. The maximum absolute atomic E-state index is 6.15. The van der Waals surface area contributed by atoms with Crippen molar-refractivity contribution in [2.75, 3.05) is 46.4 Å². The van der Waals surface area contributed by atoms with Crippen LogP contribution in [0.1, 0.15) is 49.8 Å². The van der Waals surface area contributed by atoms with Crippen molar-refractivity contribution >= 4 is 29.9 Å². The first-order chi connectivity index (χ1) is 13.7. The van der Waals surface area contributed by atoms with Crippen molar-refractivity contribution in [2.24, 2.45) is 16.8 Å². The second-order valence-corrected chi connectivity index (χ2v) is 8.53. The number of hydrogen-bond acceptors (Lipinski definition) is 3. The lowest BCUT2D eigenvalue weighted by Gasteiger charge is -2.33. The van der Waals surface area contributed by atoms with E-state index in [1.165, 1.54) is 43.5 Å². The predicted octanol–water partition coefficient (Wildman–Crippen LogP) is 3.98. The highest BCUT2D eigenvalue weighted by molar-refractivity contribution is 14.0. The number of piperidine rings is 1. The van der Waals surface area contributed by atoms with Gasteiger partial charge in [-0.2, -0.15) is 0 Å². The Kier molecular flexibility index (Phi) is 10.7. The smallest absolute Gasteiger partial charge is 0.191 e. The average molecular weight is 514 g/mol. The van der Waals surface area contributed by atoms with Crippen LogP contribution in [0.4, 0.5) is 0 Å². The summed E-state index contributed by atoms with van der Waals surface area (Å²) in [5.41, 5.74) is 2.58. The van der Waals surface area contributed by atoms with Crippen LogP contribution in [0.2, 0.25) is 0 Å². The normalized spacial score (nSPS) is 25.9. The zero-order valence-electron chi connectivity index (χ0n) is 18.3. The Balaban J connectivity index is 0.00000300. The summed E-state index contributed by atoms with van der Waals surface area (Å²) in [6, 6.07) is 8.79. The van der Waals surface area contributed by atoms with Gasteiger partial charge in [0.05, 0.1) is 6.10 Å². The molecule has 1 aromatic carbocycles. The van der Waals surface area contributed by atoms with Gasteiger partial charge < -0.3 is 20.3 Å². The molecule has 2 fully saturated rings. The van der Waals surface area contributed by atoms with Crippen molar-refractivity contribution < 1.29 is 4.74 Å². The minimum Gasteiger partial charge on any atom is -0.373 e. The molecule has 2 heterocycles. The number of rotatable bonds is 6. The molecule has 3 unspecified atom stereocenters. The van der Waals surface area contributed by atoms with E-state index in [0.717, 1.165) is 44.5 Å². The standard InChI is InChI=1S/C23H38N4O.HI/c1-18-8-10-20(11-9-18)22-21(7-5-15-28-22)16-26-23(24-3)25-12-14-27-13-4-6-19(2)17-27;/h8-11,19,21-22H,4-7,12-17H2,1-3H3,(H2,24,25,26);1H. The van der Waals surface area contributed by atoms with Crippen LogP contribution in [0.15, 0.2) is 29.3 Å². The number of nitrogens with one attached hydrogen (secondary N) is 2. The second-order valence-electron chi connectivity index (χ2n) is 8.53. The summed E-state index contributed by atoms with van der Waals surface area (Å²) in [6.45, 7) is 10.7. The van der Waals surface area contributed by atoms with Crippen LogP contribution in [-0.4, -0.2) is 57.2 Å². The molecule has 2 aliphatic heterocycles. The second kappa shape index (κ2) is 12.7. The lowest BCUT2D eigenvalue weighted by atomic mass is 9.89. The van der Waals surface area contributed by atoms with Crippen molar-refractivity contribution in [3.63, 3.8) is 0 Å². The van der Waals surface area contributed by atoms with Crippen LogP contribution in [-0.2, 0) is 4.74 Å². The predicted molar refractivity (Wildman–Crippen MR) is 132 cm³/mol. The number of nitrogens with zero attached hydrogens (tertiary/aromatic N) is 2. The third-order valence-corrected chi connectivity index (χ3v) is 6.07. The third kappa shape index (κ3) is 7.72. The number of aryl methyl sites for hydroxylation is 1. The zero-order valence-corrected chi connectivity index (χ0v) is 20.7. The van der Waals surface area contributed by atoms with Gasteiger partial charge in [-0.25, -0.2) is 0 Å². The van der Waals surface area contributed by atoms with E-state index >= 15 is 0 Å². The summed E-state index contributed by atoms with van der Waals surface area (Å²) in [7, 11) is 1.85. The molecule has 0 aliphatic carbocycles. The van der Waals surface area contributed by atoms with Crippen molar-refractivity contribution in [1.29, 1.82) is 0 Å². The first-order valence-corrected chi connectivity index (χ1v) is 11.0. The van der Waals surface area contributed by atoms with Gasteiger partial charge in [0.1, 0.15) is 0 Å². The molecule has 0 bridgehead atoms. The van der Waals surface area contributed by atoms with Gasteiger partial charge in [-0.05, 0) is 50.6 Å². The van der Waals surface area contributed by atoms with E-state index in [4.69, 9.17) is 4.74 Å². The Hall–Kier alpha value is -0.860. The van der Waals surface area contributed by atoms with E-state index in [9.17, 15) is 0 Å². The monoisotopic (exact) mass is 514 g/mol. The molecule has 0 aromatic heterocycles. The maximum atomic E-state index is 6.15. The number of benzene rings is 1. The molecule has 0 spiro atoms. The fourth-order valence-corrected chi connectivity index (χ4v) is 4.45. The van der Waals surface area contributed by atoms with Crippen LogP contribution in [0.5, 0.6) is 0 Å². The quantitative estimate of drug-likeness (QED) is 0.343. The van der Waals surface area contributed by atoms with Gasteiger partial charge in [0, 0.05) is 45.8 Å². The Bertz CT molecular complexity index is 622. The lowest BCUT2D eigenvalue weighted by Crippen LogP contribution is -2.45. The summed E-state index contributed by atoms with van der Waals surface area (Å²) in [4.78, 5) is 6.98. The lowest BCUT2D eigenvalue weighted by molar-refractivity contribution is -0.0265. The Morgan fingerprint density at radius 2 is 1.97 bits per heavy atom. The SMILES string of the molecule is CN=C(NCCN1CCCC(C)C1)NCC1CCCOC1c1ccc(C)cc1.I. The largest absolute Gasteiger partial charge is 0.373 e. The van der Waals surface area contributed by atoms with E-state index in [0.29, 0.717) is 5.92 Å². The number of ether oxygens (including phenoxy) is 1. The summed E-state index contributed by atoms with van der Waals surface area (Å²) in [5.74, 6) is 2.20. The molecule has 0 radical (unpaired) electrons. The van der Waals surface area contributed by atoms with E-state index in [1.807, 2.05) is 7.05 Å². The van der Waals surface area contributed by atoms with Crippen molar-refractivity contribution in [3.8, 4) is 0 Å². The number of likely N-dealkylation sites (tertiary alicyclic amines) is 1. The number of guanidine groups is 1. The van der Waals surface area contributed by atoms with Crippen LogP contribution in [0.25, 0.3) is 0 Å². The van der Waals surface area contributed by atoms with Gasteiger partial charge >= 0.3 is 0 Å². The van der Waals surface area contributed by atoms with Crippen LogP contribution in [0.3, 0.4) is 0 Å². The molecule has 2 N–H and O–H groups in total. The highest BCUT2D eigenvalue weighted by atomic mass is 127. The molecule has 0 saturated carbocycles. The fraction of sp³-hybridized carbons (Fsp3) is 0.696. The Morgan fingerprint density at radius 3 is 2.69 bits per heavy atom. The van der Waals surface area contributed by atoms with Crippen molar-refractivity contribution in [1.82, 2.24) is 15.5 Å². The Labute approximate surface area is 194 Å². The third-order valence-electron chi connectivity index (χ3n) is 6.07. The molecular weight excluding hydrogens is 475 g/mol. The minimum absolute atomic E-state index is 0. The number of aliphatic imine (C=N–C) groups is 1. The van der Waals surface area contributed by atoms with Gasteiger partial charge in [-0.1, -0.05) is 36.8 Å². The first-order valence-electron chi connectivity index (χ1n) is 11.0. The summed E-state index contributed by atoms with van der Waals surface area (Å²) < 4.78 is 6.15. The highest BCUT2D eigenvalue weighted by Gasteiger charge is 2.27. The van der Waals surface area contributed by atoms with E-state index in [-0.39, 0.29) is 30.1 Å². The minimum atomic E-state index is 0. The molecular formula is C23H39IN4O. The molecule has 1 aromatic rings. The topological polar surface area (TPSA) is 48.9 Å². The van der Waals surface area contributed by atoms with E-state index in [1.54, 1.807) is 0 Å². The fourth-order valence-electron chi connectivity index (χ4n) is 4.45. The van der Waals surface area contributed by atoms with Crippen molar-refractivity contribution in [3.05, 3.63) is 35.4 Å². The zero-order chi connectivity index (χ0) is 19.8. The van der Waals surface area contributed by atoms with Gasteiger partial charge in [0.2, 0.25) is 0 Å². The first kappa shape index (κ1) is 24.4. The molecule has 29 heavy (non-hydrogen) atoms. The van der Waals surface area contributed by atoms with Crippen molar-refractivity contribution in [2.45, 2.75) is 45.6 Å². The number of hydrogen-bond donors (Lipinski definition) is 2. The van der Waals surface area contributed by atoms with E-state index < -0.39 is 0 Å². The molecule has 3 atom stereocenters. The van der Waals surface area contributed by atoms with Gasteiger partial charge in [0.25, 0.3) is 0 Å². The maximum Gasteiger partial charge on any atom is 0.191 e. The molecule has 3 rings (SSSR count). The van der Waals surface area contributed by atoms with E-state index in [2.05, 4.69) is 58.6 Å². The van der Waals surface area contributed by atoms with Crippen LogP contribution in [0, 0.1) is 18.8 Å². The molecule has 0 amide bonds. The summed E-state index contributed by atoms with van der Waals surface area (Å²) in [6.07, 6.45) is 5.20. The average Bonchev–Trinajstić information content (AvgIpc) is 2.71. The van der Waals surface area contributed by atoms with Gasteiger partial charge in [-0.3, -0.25) is 4.99 Å². The number of halogens is 1. The molecule has 2 aliphatic rings. The molecule has 5 nitrogen and oxygen atoms in total.